The van der Waals surface area contributed by atoms with Gasteiger partial charge in [0.05, 0.1) is 46.7 Å². The monoisotopic (exact) mass is 426 g/mol. The molecule has 3 aromatic rings. The predicted molar refractivity (Wildman–Crippen MR) is 119 cm³/mol. The fourth-order valence-corrected chi connectivity index (χ4v) is 4.30. The SMILES string of the molecule is CCc1ncc(Nc2cc([C@H](COC)CC(=O)O)ccc2-c2sc(C)nc2C)cn1. The average Bonchev–Trinajstić information content (AvgIpc) is 3.05. The van der Waals surface area contributed by atoms with Gasteiger partial charge in [0.25, 0.3) is 0 Å². The van der Waals surface area contributed by atoms with E-state index in [9.17, 15) is 9.90 Å². The largest absolute Gasteiger partial charge is 0.481 e. The van der Waals surface area contributed by atoms with E-state index in [0.29, 0.717) is 6.61 Å². The van der Waals surface area contributed by atoms with Crippen molar-refractivity contribution in [3.63, 3.8) is 0 Å². The number of ether oxygens (including phenoxy) is 1. The number of thiazole rings is 1. The maximum absolute atomic E-state index is 11.3. The molecule has 2 heterocycles. The number of carboxylic acid groups (broad SMARTS) is 1. The number of nitrogens with one attached hydrogen (secondary N) is 1. The lowest BCUT2D eigenvalue weighted by atomic mass is 9.94. The van der Waals surface area contributed by atoms with Crippen molar-refractivity contribution in [2.45, 2.75) is 39.5 Å². The zero-order valence-electron chi connectivity index (χ0n) is 17.6. The molecule has 3 rings (SSSR count). The maximum Gasteiger partial charge on any atom is 0.304 e. The molecule has 30 heavy (non-hydrogen) atoms. The third-order valence-electron chi connectivity index (χ3n) is 4.75. The molecule has 0 saturated carbocycles. The van der Waals surface area contributed by atoms with Gasteiger partial charge in [0.2, 0.25) is 0 Å². The summed E-state index contributed by atoms with van der Waals surface area (Å²) in [5.74, 6) is -0.316. The van der Waals surface area contributed by atoms with Crippen molar-refractivity contribution >= 4 is 28.7 Å². The number of aryl methyl sites for hydroxylation is 3. The van der Waals surface area contributed by atoms with E-state index in [-0.39, 0.29) is 12.3 Å². The van der Waals surface area contributed by atoms with Gasteiger partial charge in [-0.15, -0.1) is 11.3 Å². The lowest BCUT2D eigenvalue weighted by Crippen LogP contribution is -2.12. The van der Waals surface area contributed by atoms with Crippen LogP contribution in [-0.4, -0.2) is 39.7 Å². The van der Waals surface area contributed by atoms with Crippen molar-refractivity contribution in [1.82, 2.24) is 15.0 Å². The van der Waals surface area contributed by atoms with Crippen LogP contribution in [0.2, 0.25) is 0 Å². The Morgan fingerprint density at radius 3 is 2.57 bits per heavy atom. The minimum atomic E-state index is -0.854. The summed E-state index contributed by atoms with van der Waals surface area (Å²) >= 11 is 1.63. The Morgan fingerprint density at radius 1 is 1.27 bits per heavy atom. The molecule has 7 nitrogen and oxygen atoms in total. The number of nitrogens with zero attached hydrogens (tertiary/aromatic N) is 3. The molecule has 8 heteroatoms. The molecule has 0 unspecified atom stereocenters. The van der Waals surface area contributed by atoms with Gasteiger partial charge in [0, 0.05) is 30.7 Å². The summed E-state index contributed by atoms with van der Waals surface area (Å²) in [6, 6.07) is 5.98. The van der Waals surface area contributed by atoms with Gasteiger partial charge in [-0.2, -0.15) is 0 Å². The molecule has 2 aromatic heterocycles. The molecule has 0 aliphatic carbocycles. The third-order valence-corrected chi connectivity index (χ3v) is 5.86. The molecule has 0 aliphatic heterocycles. The van der Waals surface area contributed by atoms with E-state index in [4.69, 9.17) is 4.74 Å². The van der Waals surface area contributed by atoms with E-state index >= 15 is 0 Å². The Morgan fingerprint density at radius 2 is 2.00 bits per heavy atom. The lowest BCUT2D eigenvalue weighted by Gasteiger charge is -2.18. The minimum Gasteiger partial charge on any atom is -0.481 e. The molecular weight excluding hydrogens is 400 g/mol. The van der Waals surface area contributed by atoms with Crippen LogP contribution in [0.4, 0.5) is 11.4 Å². The number of benzene rings is 1. The van der Waals surface area contributed by atoms with Crippen LogP contribution >= 0.6 is 11.3 Å². The van der Waals surface area contributed by atoms with Crippen molar-refractivity contribution in [3.05, 3.63) is 52.7 Å². The highest BCUT2D eigenvalue weighted by molar-refractivity contribution is 7.15. The highest BCUT2D eigenvalue weighted by Gasteiger charge is 2.19. The minimum absolute atomic E-state index is 0.000369. The van der Waals surface area contributed by atoms with Gasteiger partial charge in [-0.25, -0.2) is 15.0 Å². The number of carboxylic acids is 1. The van der Waals surface area contributed by atoms with Gasteiger partial charge >= 0.3 is 5.97 Å². The van der Waals surface area contributed by atoms with Crippen molar-refractivity contribution < 1.29 is 14.6 Å². The molecule has 0 aliphatic rings. The zero-order valence-corrected chi connectivity index (χ0v) is 18.4. The van der Waals surface area contributed by atoms with Gasteiger partial charge in [-0.3, -0.25) is 4.79 Å². The van der Waals surface area contributed by atoms with Crippen molar-refractivity contribution in [2.75, 3.05) is 19.0 Å². The smallest absolute Gasteiger partial charge is 0.304 e. The molecule has 1 atom stereocenters. The highest BCUT2D eigenvalue weighted by atomic mass is 32.1. The average molecular weight is 427 g/mol. The van der Waals surface area contributed by atoms with Crippen LogP contribution in [0, 0.1) is 13.8 Å². The van der Waals surface area contributed by atoms with Gasteiger partial charge in [-0.1, -0.05) is 19.1 Å². The van der Waals surface area contributed by atoms with Gasteiger partial charge in [0.1, 0.15) is 5.82 Å². The van der Waals surface area contributed by atoms with E-state index in [2.05, 4.69) is 20.3 Å². The number of methoxy groups -OCH3 is 1. The Labute approximate surface area is 180 Å². The van der Waals surface area contributed by atoms with Gasteiger partial charge < -0.3 is 15.2 Å². The topological polar surface area (TPSA) is 97.2 Å². The Kier molecular flexibility index (Phi) is 7.12. The standard InChI is InChI=1S/C22H26N4O3S/c1-5-20-23-10-17(11-24-20)26-19-8-15(16(12-29-4)9-21(27)28)6-7-18(19)22-13(2)25-14(3)30-22/h6-8,10-11,16,26H,5,9,12H2,1-4H3,(H,27,28)/t16-/m0/s1. The van der Waals surface area contributed by atoms with Crippen molar-refractivity contribution in [1.29, 1.82) is 0 Å². The number of aliphatic carboxylic acids is 1. The summed E-state index contributed by atoms with van der Waals surface area (Å²) in [5, 5.41) is 13.7. The molecule has 0 amide bonds. The second kappa shape index (κ2) is 9.77. The first-order chi connectivity index (χ1) is 14.4. The Balaban J connectivity index is 2.05. The highest BCUT2D eigenvalue weighted by Crippen LogP contribution is 2.38. The summed E-state index contributed by atoms with van der Waals surface area (Å²) in [6.45, 7) is 6.32. The molecule has 0 radical (unpaired) electrons. The Bertz CT molecular complexity index is 1020. The summed E-state index contributed by atoms with van der Waals surface area (Å²) in [4.78, 5) is 25.7. The van der Waals surface area contributed by atoms with Crippen LogP contribution in [0.5, 0.6) is 0 Å². The summed E-state index contributed by atoms with van der Waals surface area (Å²) in [6.07, 6.45) is 4.29. The number of hydrogen-bond acceptors (Lipinski definition) is 7. The zero-order chi connectivity index (χ0) is 21.7. The quantitative estimate of drug-likeness (QED) is 0.510. The first kappa shape index (κ1) is 21.9. The van der Waals surface area contributed by atoms with Gasteiger partial charge in [-0.05, 0) is 25.5 Å². The predicted octanol–water partition coefficient (Wildman–Crippen LogP) is 4.73. The third kappa shape index (κ3) is 5.20. The maximum atomic E-state index is 11.3. The molecule has 0 bridgehead atoms. The van der Waals surface area contributed by atoms with Crippen LogP contribution in [0.15, 0.2) is 30.6 Å². The normalized spacial score (nSPS) is 12.0. The fourth-order valence-electron chi connectivity index (χ4n) is 3.34. The molecule has 0 spiro atoms. The number of rotatable bonds is 9. The van der Waals surface area contributed by atoms with Crippen LogP contribution in [-0.2, 0) is 16.0 Å². The summed E-state index contributed by atoms with van der Waals surface area (Å²) in [7, 11) is 1.58. The van der Waals surface area contributed by atoms with E-state index in [1.54, 1.807) is 30.8 Å². The summed E-state index contributed by atoms with van der Waals surface area (Å²) < 4.78 is 5.27. The Hall–Kier alpha value is -2.84. The fraction of sp³-hybridized carbons (Fsp3) is 0.364. The van der Waals surface area contributed by atoms with Crippen molar-refractivity contribution in [2.24, 2.45) is 0 Å². The number of carbonyl (C=O) groups is 1. The van der Waals surface area contributed by atoms with E-state index in [1.165, 1.54) is 0 Å². The number of anilines is 2. The van der Waals surface area contributed by atoms with E-state index in [0.717, 1.165) is 50.3 Å². The molecule has 2 N–H and O–H groups in total. The van der Waals surface area contributed by atoms with Crippen LogP contribution in [0.1, 0.15) is 41.4 Å². The molecule has 0 fully saturated rings. The molecular formula is C22H26N4O3S. The summed E-state index contributed by atoms with van der Waals surface area (Å²) in [5.41, 5.74) is 4.50. The van der Waals surface area contributed by atoms with Crippen LogP contribution < -0.4 is 5.32 Å². The lowest BCUT2D eigenvalue weighted by molar-refractivity contribution is -0.137. The van der Waals surface area contributed by atoms with Crippen molar-refractivity contribution in [3.8, 4) is 10.4 Å². The first-order valence-electron chi connectivity index (χ1n) is 9.78. The molecule has 1 aromatic carbocycles. The number of hydrogen-bond donors (Lipinski definition) is 2. The van der Waals surface area contributed by atoms with Gasteiger partial charge in [0.15, 0.2) is 0 Å². The molecule has 0 saturated heterocycles. The first-order valence-corrected chi connectivity index (χ1v) is 10.6. The van der Waals surface area contributed by atoms with E-state index in [1.807, 2.05) is 39.0 Å². The van der Waals surface area contributed by atoms with E-state index < -0.39 is 5.97 Å². The number of aromatic nitrogens is 3. The van der Waals surface area contributed by atoms with Crippen LogP contribution in [0.3, 0.4) is 0 Å². The second-order valence-corrected chi connectivity index (χ2v) is 8.27. The van der Waals surface area contributed by atoms with Crippen LogP contribution in [0.25, 0.3) is 10.4 Å². The molecule has 158 valence electrons. The second-order valence-electron chi connectivity index (χ2n) is 7.07.